The molecule has 0 aliphatic rings. The van der Waals surface area contributed by atoms with Crippen LogP contribution in [0, 0.1) is 0 Å². The third-order valence-electron chi connectivity index (χ3n) is 1.65. The lowest BCUT2D eigenvalue weighted by atomic mass is 10.1. The summed E-state index contributed by atoms with van der Waals surface area (Å²) in [6, 6.07) is 1.28. The predicted molar refractivity (Wildman–Crippen MR) is 55.8 cm³/mol. The van der Waals surface area contributed by atoms with E-state index < -0.39 is 11.5 Å². The summed E-state index contributed by atoms with van der Waals surface area (Å²) in [6.07, 6.45) is 1.36. The number of hydrogen-bond acceptors (Lipinski definition) is 5. The molecule has 1 aromatic heterocycles. The lowest BCUT2D eigenvalue weighted by Gasteiger charge is -2.17. The Morgan fingerprint density at radius 2 is 2.47 bits per heavy atom. The number of nitrogens with two attached hydrogens (primary N) is 1. The highest BCUT2D eigenvalue weighted by Crippen LogP contribution is 2.16. The zero-order valence-corrected chi connectivity index (χ0v) is 8.87. The van der Waals surface area contributed by atoms with Gasteiger partial charge in [-0.15, -0.1) is 0 Å². The van der Waals surface area contributed by atoms with Crippen LogP contribution in [-0.2, 0) is 4.79 Å². The molecule has 1 aromatic rings. The van der Waals surface area contributed by atoms with E-state index in [0.717, 1.165) is 11.8 Å². The Labute approximate surface area is 89.9 Å². The number of thioether (sulfide) groups is 1. The van der Waals surface area contributed by atoms with E-state index in [1.54, 1.807) is 0 Å². The minimum Gasteiger partial charge on any atom is -0.480 e. The molecule has 82 valence electrons. The van der Waals surface area contributed by atoms with Gasteiger partial charge >= 0.3 is 5.97 Å². The Morgan fingerprint density at radius 3 is 3.00 bits per heavy atom. The second-order valence-electron chi connectivity index (χ2n) is 3.25. The number of hydrogen-bond donors (Lipinski definition) is 3. The molecular weight excluding hydrogens is 218 g/mol. The van der Waals surface area contributed by atoms with Crippen LogP contribution in [0.15, 0.2) is 22.2 Å². The van der Waals surface area contributed by atoms with E-state index >= 15 is 0 Å². The van der Waals surface area contributed by atoms with Crippen LogP contribution >= 0.6 is 11.8 Å². The molecule has 7 heteroatoms. The lowest BCUT2D eigenvalue weighted by Crippen LogP contribution is -2.47. The van der Waals surface area contributed by atoms with Crippen molar-refractivity contribution in [2.45, 2.75) is 17.6 Å². The molecule has 1 heterocycles. The Hall–Kier alpha value is -1.34. The standard InChI is InChI=1S/C8H11N3O3S/c1-8(9,6(13)14)4-15-7-10-3-2-5(12)11-7/h2-3H,4,9H2,1H3,(H,13,14)(H,10,11,12). The fraction of sp³-hybridized carbons (Fsp3) is 0.375. The van der Waals surface area contributed by atoms with Gasteiger partial charge in [0.15, 0.2) is 5.16 Å². The van der Waals surface area contributed by atoms with Crippen LogP contribution in [0.2, 0.25) is 0 Å². The van der Waals surface area contributed by atoms with Crippen LogP contribution in [0.4, 0.5) is 0 Å². The van der Waals surface area contributed by atoms with E-state index in [-0.39, 0.29) is 11.3 Å². The van der Waals surface area contributed by atoms with Gasteiger partial charge in [-0.25, -0.2) is 4.98 Å². The molecular formula is C8H11N3O3S. The second kappa shape index (κ2) is 4.45. The van der Waals surface area contributed by atoms with E-state index in [4.69, 9.17) is 10.8 Å². The van der Waals surface area contributed by atoms with Gasteiger partial charge in [-0.3, -0.25) is 9.59 Å². The number of carbonyl (C=O) groups is 1. The predicted octanol–water partition coefficient (Wildman–Crippen LogP) is -0.336. The molecule has 6 nitrogen and oxygen atoms in total. The molecule has 0 saturated heterocycles. The quantitative estimate of drug-likeness (QED) is 0.481. The number of carboxylic acids is 1. The molecule has 0 aliphatic carbocycles. The maximum absolute atomic E-state index is 10.9. The maximum atomic E-state index is 10.9. The summed E-state index contributed by atoms with van der Waals surface area (Å²) in [4.78, 5) is 27.9. The monoisotopic (exact) mass is 229 g/mol. The van der Waals surface area contributed by atoms with Crippen molar-refractivity contribution in [2.75, 3.05) is 5.75 Å². The SMILES string of the molecule is CC(N)(CSc1nccc(=O)[nH]1)C(=O)O. The molecule has 1 atom stereocenters. The molecule has 0 amide bonds. The van der Waals surface area contributed by atoms with E-state index in [0.29, 0.717) is 5.16 Å². The molecule has 0 bridgehead atoms. The Balaban J connectivity index is 2.65. The molecule has 4 N–H and O–H groups in total. The van der Waals surface area contributed by atoms with E-state index in [9.17, 15) is 9.59 Å². The molecule has 1 unspecified atom stereocenters. The topological polar surface area (TPSA) is 109 Å². The maximum Gasteiger partial charge on any atom is 0.324 e. The Bertz CT molecular complexity index is 416. The molecule has 1 rings (SSSR count). The number of carboxylic acid groups (broad SMARTS) is 1. The summed E-state index contributed by atoms with van der Waals surface area (Å²) in [6.45, 7) is 1.41. The molecule has 0 aliphatic heterocycles. The summed E-state index contributed by atoms with van der Waals surface area (Å²) in [5.74, 6) is -0.955. The van der Waals surface area contributed by atoms with Crippen molar-refractivity contribution in [3.8, 4) is 0 Å². The van der Waals surface area contributed by atoms with Gasteiger partial charge in [-0.1, -0.05) is 11.8 Å². The van der Waals surface area contributed by atoms with Crippen molar-refractivity contribution in [1.82, 2.24) is 9.97 Å². The van der Waals surface area contributed by atoms with Crippen LogP contribution in [-0.4, -0.2) is 32.3 Å². The zero-order valence-electron chi connectivity index (χ0n) is 8.06. The van der Waals surface area contributed by atoms with E-state index in [1.807, 2.05) is 0 Å². The number of H-pyrrole nitrogens is 1. The molecule has 0 fully saturated rings. The first-order valence-electron chi connectivity index (χ1n) is 4.12. The van der Waals surface area contributed by atoms with Crippen LogP contribution in [0.25, 0.3) is 0 Å². The van der Waals surface area contributed by atoms with Crippen molar-refractivity contribution in [3.05, 3.63) is 22.6 Å². The average Bonchev–Trinajstić information content (AvgIpc) is 2.15. The van der Waals surface area contributed by atoms with Gasteiger partial charge in [-0.05, 0) is 6.92 Å². The van der Waals surface area contributed by atoms with Crippen molar-refractivity contribution in [2.24, 2.45) is 5.73 Å². The van der Waals surface area contributed by atoms with Gasteiger partial charge in [0.05, 0.1) is 0 Å². The Kier molecular flexibility index (Phi) is 3.48. The highest BCUT2D eigenvalue weighted by atomic mass is 32.2. The van der Waals surface area contributed by atoms with Gasteiger partial charge in [0.1, 0.15) is 5.54 Å². The highest BCUT2D eigenvalue weighted by Gasteiger charge is 2.28. The fourth-order valence-electron chi connectivity index (χ4n) is 0.705. The first-order chi connectivity index (χ1) is 6.92. The largest absolute Gasteiger partial charge is 0.480 e. The summed E-state index contributed by atoms with van der Waals surface area (Å²) >= 11 is 1.10. The molecule has 0 saturated carbocycles. The van der Waals surface area contributed by atoms with Crippen LogP contribution in [0.3, 0.4) is 0 Å². The minimum atomic E-state index is -1.33. The Morgan fingerprint density at radius 1 is 1.80 bits per heavy atom. The van der Waals surface area contributed by atoms with Crippen LogP contribution in [0.1, 0.15) is 6.92 Å². The van der Waals surface area contributed by atoms with E-state index in [1.165, 1.54) is 19.2 Å². The smallest absolute Gasteiger partial charge is 0.324 e. The van der Waals surface area contributed by atoms with Gasteiger partial charge in [0.25, 0.3) is 5.56 Å². The van der Waals surface area contributed by atoms with Crippen molar-refractivity contribution < 1.29 is 9.90 Å². The van der Waals surface area contributed by atoms with Gasteiger partial charge in [0, 0.05) is 18.0 Å². The minimum absolute atomic E-state index is 0.134. The number of nitrogens with one attached hydrogen (secondary N) is 1. The fourth-order valence-corrected chi connectivity index (χ4v) is 1.57. The number of aromatic nitrogens is 2. The van der Waals surface area contributed by atoms with E-state index in [2.05, 4.69) is 9.97 Å². The molecule has 0 spiro atoms. The number of aliphatic carboxylic acids is 1. The zero-order chi connectivity index (χ0) is 11.5. The third-order valence-corrected chi connectivity index (χ3v) is 2.87. The van der Waals surface area contributed by atoms with Crippen LogP contribution < -0.4 is 11.3 Å². The summed E-state index contributed by atoms with van der Waals surface area (Å²) < 4.78 is 0. The first kappa shape index (κ1) is 11.7. The number of nitrogens with zero attached hydrogens (tertiary/aromatic N) is 1. The van der Waals surface area contributed by atoms with Crippen molar-refractivity contribution >= 4 is 17.7 Å². The molecule has 0 aromatic carbocycles. The molecule has 15 heavy (non-hydrogen) atoms. The summed E-state index contributed by atoms with van der Waals surface area (Å²) in [5.41, 5.74) is 3.89. The number of aromatic amines is 1. The average molecular weight is 229 g/mol. The lowest BCUT2D eigenvalue weighted by molar-refractivity contribution is -0.141. The van der Waals surface area contributed by atoms with Gasteiger partial charge in [0.2, 0.25) is 0 Å². The molecule has 0 radical (unpaired) electrons. The summed E-state index contributed by atoms with van der Waals surface area (Å²) in [7, 11) is 0. The third kappa shape index (κ3) is 3.37. The normalized spacial score (nSPS) is 14.5. The second-order valence-corrected chi connectivity index (χ2v) is 4.21. The van der Waals surface area contributed by atoms with Gasteiger partial charge in [-0.2, -0.15) is 0 Å². The van der Waals surface area contributed by atoms with Gasteiger partial charge < -0.3 is 15.8 Å². The van der Waals surface area contributed by atoms with Crippen LogP contribution in [0.5, 0.6) is 0 Å². The van der Waals surface area contributed by atoms with Crippen molar-refractivity contribution in [1.29, 1.82) is 0 Å². The van der Waals surface area contributed by atoms with Crippen molar-refractivity contribution in [3.63, 3.8) is 0 Å². The number of rotatable bonds is 4. The summed E-state index contributed by atoms with van der Waals surface area (Å²) in [5, 5.41) is 9.10. The first-order valence-corrected chi connectivity index (χ1v) is 5.11. The highest BCUT2D eigenvalue weighted by molar-refractivity contribution is 7.99.